The SMILES string of the molecule is COC(=O)CCc1ccc(-n2nnc(C3CCN(c4ccc(C(=N)N)cn4)CC3)n2)cc1. The van der Waals surface area contributed by atoms with Crippen LogP contribution in [-0.4, -0.2) is 57.2 Å². The van der Waals surface area contributed by atoms with E-state index in [0.717, 1.165) is 48.8 Å². The van der Waals surface area contributed by atoms with Crippen molar-refractivity contribution >= 4 is 17.6 Å². The molecular weight excluding hydrogens is 408 g/mol. The Labute approximate surface area is 185 Å². The number of ether oxygens (including phenoxy) is 1. The maximum Gasteiger partial charge on any atom is 0.305 e. The quantitative estimate of drug-likeness (QED) is 0.327. The van der Waals surface area contributed by atoms with Gasteiger partial charge in [0, 0.05) is 37.2 Å². The molecule has 3 heterocycles. The number of pyridine rings is 1. The number of amidine groups is 1. The van der Waals surface area contributed by atoms with Gasteiger partial charge in [0.05, 0.1) is 12.8 Å². The summed E-state index contributed by atoms with van der Waals surface area (Å²) in [4.78, 5) is 19.5. The lowest BCUT2D eigenvalue weighted by Crippen LogP contribution is -2.33. The van der Waals surface area contributed by atoms with Crippen LogP contribution in [0.5, 0.6) is 0 Å². The van der Waals surface area contributed by atoms with Crippen molar-refractivity contribution in [1.82, 2.24) is 25.2 Å². The monoisotopic (exact) mass is 434 g/mol. The summed E-state index contributed by atoms with van der Waals surface area (Å²) in [6.07, 6.45) is 4.45. The lowest BCUT2D eigenvalue weighted by atomic mass is 9.96. The maximum atomic E-state index is 11.3. The largest absolute Gasteiger partial charge is 0.469 e. The molecule has 0 spiro atoms. The highest BCUT2D eigenvalue weighted by Crippen LogP contribution is 2.27. The molecule has 0 bridgehead atoms. The molecule has 32 heavy (non-hydrogen) atoms. The van der Waals surface area contributed by atoms with Gasteiger partial charge in [-0.2, -0.15) is 0 Å². The van der Waals surface area contributed by atoms with Gasteiger partial charge in [-0.1, -0.05) is 12.1 Å². The van der Waals surface area contributed by atoms with Gasteiger partial charge in [-0.15, -0.1) is 15.0 Å². The van der Waals surface area contributed by atoms with Gasteiger partial charge in [-0.25, -0.2) is 4.98 Å². The van der Waals surface area contributed by atoms with Crippen LogP contribution in [0.4, 0.5) is 5.82 Å². The first-order valence-corrected chi connectivity index (χ1v) is 10.5. The van der Waals surface area contributed by atoms with Gasteiger partial charge in [0.15, 0.2) is 5.82 Å². The zero-order chi connectivity index (χ0) is 22.5. The average Bonchev–Trinajstić information content (AvgIpc) is 3.33. The molecule has 1 saturated heterocycles. The van der Waals surface area contributed by atoms with Crippen molar-refractivity contribution in [2.75, 3.05) is 25.1 Å². The summed E-state index contributed by atoms with van der Waals surface area (Å²) >= 11 is 0. The number of nitrogens with zero attached hydrogens (tertiary/aromatic N) is 6. The summed E-state index contributed by atoms with van der Waals surface area (Å²) < 4.78 is 4.68. The highest BCUT2D eigenvalue weighted by Gasteiger charge is 2.25. The third kappa shape index (κ3) is 4.90. The van der Waals surface area contributed by atoms with Gasteiger partial charge < -0.3 is 15.4 Å². The van der Waals surface area contributed by atoms with E-state index in [2.05, 4.69) is 30.0 Å². The third-order valence-electron chi connectivity index (χ3n) is 5.68. The fraction of sp³-hybridized carbons (Fsp3) is 0.364. The van der Waals surface area contributed by atoms with E-state index in [4.69, 9.17) is 11.1 Å². The number of esters is 1. The number of carbonyl (C=O) groups is 1. The van der Waals surface area contributed by atoms with E-state index in [-0.39, 0.29) is 17.7 Å². The number of nitrogens with two attached hydrogens (primary N) is 1. The Morgan fingerprint density at radius 2 is 1.94 bits per heavy atom. The van der Waals surface area contributed by atoms with Crippen LogP contribution >= 0.6 is 0 Å². The second-order valence-electron chi connectivity index (χ2n) is 7.76. The van der Waals surface area contributed by atoms with Gasteiger partial charge in [0.1, 0.15) is 11.7 Å². The lowest BCUT2D eigenvalue weighted by Gasteiger charge is -2.31. The molecule has 0 aliphatic carbocycles. The van der Waals surface area contributed by atoms with E-state index in [9.17, 15) is 4.79 Å². The van der Waals surface area contributed by atoms with E-state index in [0.29, 0.717) is 18.4 Å². The molecule has 2 aromatic heterocycles. The molecule has 0 saturated carbocycles. The van der Waals surface area contributed by atoms with E-state index >= 15 is 0 Å². The van der Waals surface area contributed by atoms with E-state index in [1.165, 1.54) is 7.11 Å². The predicted octanol–water partition coefficient (Wildman–Crippen LogP) is 1.83. The summed E-state index contributed by atoms with van der Waals surface area (Å²) in [7, 11) is 1.40. The van der Waals surface area contributed by atoms with Crippen molar-refractivity contribution in [2.45, 2.75) is 31.6 Å². The van der Waals surface area contributed by atoms with Crippen molar-refractivity contribution in [1.29, 1.82) is 5.41 Å². The van der Waals surface area contributed by atoms with E-state index in [1.807, 2.05) is 36.4 Å². The number of nitrogen functional groups attached to an aromatic ring is 1. The Morgan fingerprint density at radius 1 is 1.19 bits per heavy atom. The number of hydrogen-bond acceptors (Lipinski definition) is 8. The third-order valence-corrected chi connectivity index (χ3v) is 5.68. The zero-order valence-electron chi connectivity index (χ0n) is 17.9. The minimum absolute atomic E-state index is 0.0211. The number of aromatic nitrogens is 5. The number of aryl methyl sites for hydroxylation is 1. The number of methoxy groups -OCH3 is 1. The molecular formula is C22H26N8O2. The second kappa shape index (κ2) is 9.54. The molecule has 1 aliphatic rings. The molecule has 10 heteroatoms. The number of benzene rings is 1. The van der Waals surface area contributed by atoms with Gasteiger partial charge >= 0.3 is 5.97 Å². The molecule has 4 rings (SSSR count). The van der Waals surface area contributed by atoms with Crippen LogP contribution in [0.2, 0.25) is 0 Å². The number of nitrogens with one attached hydrogen (secondary N) is 1. The van der Waals surface area contributed by atoms with Crippen molar-refractivity contribution < 1.29 is 9.53 Å². The Hall–Kier alpha value is -3.82. The average molecular weight is 435 g/mol. The number of tetrazole rings is 1. The lowest BCUT2D eigenvalue weighted by molar-refractivity contribution is -0.140. The smallest absolute Gasteiger partial charge is 0.305 e. The van der Waals surface area contributed by atoms with Crippen LogP contribution in [0, 0.1) is 5.41 Å². The van der Waals surface area contributed by atoms with Crippen LogP contribution in [0.1, 0.15) is 42.1 Å². The molecule has 0 atom stereocenters. The molecule has 1 aliphatic heterocycles. The standard InChI is InChI=1S/C22H26N8O2/c1-32-20(31)9-4-15-2-6-18(7-3-15)30-27-22(26-28-30)16-10-12-29(13-11-16)19-8-5-17(14-25-19)21(23)24/h2-3,5-8,14,16H,4,9-13H2,1H3,(H3,23,24). The normalized spacial score (nSPS) is 14.3. The molecule has 0 unspecified atom stereocenters. The van der Waals surface area contributed by atoms with Crippen LogP contribution in [0.3, 0.4) is 0 Å². The highest BCUT2D eigenvalue weighted by atomic mass is 16.5. The molecule has 1 fully saturated rings. The topological polar surface area (TPSA) is 136 Å². The minimum atomic E-state index is -0.216. The molecule has 10 nitrogen and oxygen atoms in total. The molecule has 166 valence electrons. The fourth-order valence-electron chi connectivity index (χ4n) is 3.74. The molecule has 0 amide bonds. The van der Waals surface area contributed by atoms with Gasteiger partial charge in [-0.3, -0.25) is 10.2 Å². The number of rotatable bonds is 7. The number of anilines is 1. The van der Waals surface area contributed by atoms with Crippen LogP contribution in [0.25, 0.3) is 5.69 Å². The fourth-order valence-corrected chi connectivity index (χ4v) is 3.74. The van der Waals surface area contributed by atoms with Crippen molar-refractivity contribution in [2.24, 2.45) is 5.73 Å². The predicted molar refractivity (Wildman–Crippen MR) is 119 cm³/mol. The maximum absolute atomic E-state index is 11.3. The van der Waals surface area contributed by atoms with Crippen molar-refractivity contribution in [3.8, 4) is 5.69 Å². The molecule has 1 aromatic carbocycles. The van der Waals surface area contributed by atoms with Crippen LogP contribution < -0.4 is 10.6 Å². The highest BCUT2D eigenvalue weighted by molar-refractivity contribution is 5.94. The van der Waals surface area contributed by atoms with E-state index < -0.39 is 0 Å². The summed E-state index contributed by atoms with van der Waals surface area (Å²) in [5.74, 6) is 1.69. The molecule has 3 N–H and O–H groups in total. The minimum Gasteiger partial charge on any atom is -0.469 e. The first-order valence-electron chi connectivity index (χ1n) is 10.5. The number of carbonyl (C=O) groups excluding carboxylic acids is 1. The first kappa shape index (κ1) is 21.4. The van der Waals surface area contributed by atoms with E-state index in [1.54, 1.807) is 11.0 Å². The van der Waals surface area contributed by atoms with Gasteiger partial charge in [0.2, 0.25) is 0 Å². The van der Waals surface area contributed by atoms with Gasteiger partial charge in [-0.05, 0) is 54.3 Å². The van der Waals surface area contributed by atoms with Crippen molar-refractivity contribution in [3.05, 3.63) is 59.5 Å². The molecule has 3 aromatic rings. The van der Waals surface area contributed by atoms with Gasteiger partial charge in [0.25, 0.3) is 0 Å². The molecule has 0 radical (unpaired) electrons. The number of hydrogen-bond donors (Lipinski definition) is 2. The Bertz CT molecular complexity index is 1070. The summed E-state index contributed by atoms with van der Waals surface area (Å²) in [5.41, 5.74) is 8.01. The number of piperidine rings is 1. The summed E-state index contributed by atoms with van der Waals surface area (Å²) in [6.45, 7) is 1.70. The zero-order valence-corrected chi connectivity index (χ0v) is 17.9. The Kier molecular flexibility index (Phi) is 6.39. The Morgan fingerprint density at radius 3 is 2.56 bits per heavy atom. The summed E-state index contributed by atoms with van der Waals surface area (Å²) in [6, 6.07) is 11.5. The summed E-state index contributed by atoms with van der Waals surface area (Å²) in [5, 5.41) is 20.6. The van der Waals surface area contributed by atoms with Crippen LogP contribution in [0.15, 0.2) is 42.6 Å². The second-order valence-corrected chi connectivity index (χ2v) is 7.76. The first-order chi connectivity index (χ1) is 15.5. The Balaban J connectivity index is 1.34. The van der Waals surface area contributed by atoms with Crippen LogP contribution in [-0.2, 0) is 16.0 Å². The van der Waals surface area contributed by atoms with Crippen molar-refractivity contribution in [3.63, 3.8) is 0 Å².